The number of rotatable bonds is 10. The quantitative estimate of drug-likeness (QED) is 0.134. The van der Waals surface area contributed by atoms with Crippen molar-refractivity contribution < 1.29 is 0 Å². The van der Waals surface area contributed by atoms with Crippen molar-refractivity contribution in [1.29, 1.82) is 0 Å². The molecule has 1 heteroatoms. The van der Waals surface area contributed by atoms with Crippen molar-refractivity contribution in [2.75, 3.05) is 4.90 Å². The van der Waals surface area contributed by atoms with Crippen molar-refractivity contribution in [2.24, 2.45) is 0 Å². The lowest BCUT2D eigenvalue weighted by atomic mass is 9.88. The molecule has 0 saturated heterocycles. The van der Waals surface area contributed by atoms with Crippen molar-refractivity contribution in [3.8, 4) is 77.9 Å². The van der Waals surface area contributed by atoms with Crippen molar-refractivity contribution in [1.82, 2.24) is 0 Å². The zero-order valence-electron chi connectivity index (χ0n) is 33.8. The molecule has 0 fully saturated rings. The number of hydrogen-bond acceptors (Lipinski definition) is 1. The van der Waals surface area contributed by atoms with E-state index in [1.54, 1.807) is 0 Å². The first-order chi connectivity index (χ1) is 30.3. The molecular weight excluding hydrogens is 735 g/mol. The van der Waals surface area contributed by atoms with Crippen LogP contribution in [0.3, 0.4) is 0 Å². The van der Waals surface area contributed by atoms with Crippen LogP contribution in [0.25, 0.3) is 77.9 Å². The molecule has 0 aliphatic carbocycles. The lowest BCUT2D eigenvalue weighted by molar-refractivity contribution is 1.28. The van der Waals surface area contributed by atoms with E-state index < -0.39 is 0 Å². The Balaban J connectivity index is 1.19. The Kier molecular flexibility index (Phi) is 10.4. The molecule has 0 aromatic heterocycles. The smallest absolute Gasteiger partial charge is 0.0468 e. The Hall–Kier alpha value is -8.00. The molecule has 0 amide bonds. The number of nitrogens with zero attached hydrogens (tertiary/aromatic N) is 1. The highest BCUT2D eigenvalue weighted by Gasteiger charge is 2.21. The largest absolute Gasteiger partial charge is 0.310 e. The Morgan fingerprint density at radius 2 is 0.426 bits per heavy atom. The molecule has 0 atom stereocenters. The summed E-state index contributed by atoms with van der Waals surface area (Å²) in [5, 5.41) is 0. The van der Waals surface area contributed by atoms with Gasteiger partial charge < -0.3 is 4.90 Å². The fourth-order valence-electron chi connectivity index (χ4n) is 8.58. The number of hydrogen-bond donors (Lipinski definition) is 0. The topological polar surface area (TPSA) is 3.24 Å². The van der Waals surface area contributed by atoms with Crippen molar-refractivity contribution in [2.45, 2.75) is 0 Å². The summed E-state index contributed by atoms with van der Waals surface area (Å²) in [6.45, 7) is 0. The Morgan fingerprint density at radius 3 is 0.803 bits per heavy atom. The zero-order valence-corrected chi connectivity index (χ0v) is 33.8. The van der Waals surface area contributed by atoms with Gasteiger partial charge in [-0.1, -0.05) is 224 Å². The minimum absolute atomic E-state index is 1.07. The van der Waals surface area contributed by atoms with E-state index in [1.165, 1.54) is 77.9 Å². The predicted molar refractivity (Wildman–Crippen MR) is 259 cm³/mol. The summed E-state index contributed by atoms with van der Waals surface area (Å²) < 4.78 is 0. The van der Waals surface area contributed by atoms with E-state index in [1.807, 2.05) is 0 Å². The van der Waals surface area contributed by atoms with Gasteiger partial charge in [0.2, 0.25) is 0 Å². The van der Waals surface area contributed by atoms with Gasteiger partial charge in [0.1, 0.15) is 0 Å². The summed E-state index contributed by atoms with van der Waals surface area (Å²) in [5.41, 5.74) is 19.9. The molecule has 0 N–H and O–H groups in total. The maximum absolute atomic E-state index is 2.41. The highest BCUT2D eigenvalue weighted by Crippen LogP contribution is 2.46. The lowest BCUT2D eigenvalue weighted by Crippen LogP contribution is -2.11. The van der Waals surface area contributed by atoms with Gasteiger partial charge in [0.05, 0.1) is 0 Å². The highest BCUT2D eigenvalue weighted by atomic mass is 15.1. The van der Waals surface area contributed by atoms with E-state index in [9.17, 15) is 0 Å². The molecule has 0 aliphatic rings. The van der Waals surface area contributed by atoms with Crippen LogP contribution in [0.4, 0.5) is 17.1 Å². The molecule has 288 valence electrons. The van der Waals surface area contributed by atoms with E-state index in [2.05, 4.69) is 266 Å². The minimum Gasteiger partial charge on any atom is -0.310 e. The predicted octanol–water partition coefficient (Wildman–Crippen LogP) is 16.8. The van der Waals surface area contributed by atoms with Gasteiger partial charge in [0, 0.05) is 17.1 Å². The summed E-state index contributed by atoms with van der Waals surface area (Å²) in [6, 6.07) is 94.1. The third-order valence-electron chi connectivity index (χ3n) is 11.5. The standard InChI is InChI=1S/C60H43N/c1-6-20-44(21-7-1)45-34-36-50(37-35-45)61(51-38-40-57(59(42-51)48-26-12-4-13-27-48)55-32-18-16-30-53(55)46-22-8-2-9-23-46)52-39-41-58(60(43-52)49-28-14-5-15-29-49)56-33-19-17-31-54(56)47-24-10-3-11-25-47/h1-43H. The van der Waals surface area contributed by atoms with Gasteiger partial charge in [-0.3, -0.25) is 0 Å². The molecule has 0 bridgehead atoms. The van der Waals surface area contributed by atoms with E-state index in [0.717, 1.165) is 17.1 Å². The van der Waals surface area contributed by atoms with Crippen LogP contribution in [0.2, 0.25) is 0 Å². The number of anilines is 3. The Labute approximate surface area is 359 Å². The van der Waals surface area contributed by atoms with Crippen molar-refractivity contribution in [3.05, 3.63) is 261 Å². The zero-order chi connectivity index (χ0) is 40.8. The summed E-state index contributed by atoms with van der Waals surface area (Å²) in [6.07, 6.45) is 0. The lowest BCUT2D eigenvalue weighted by Gasteiger charge is -2.28. The van der Waals surface area contributed by atoms with E-state index in [0.29, 0.717) is 0 Å². The first-order valence-corrected chi connectivity index (χ1v) is 20.9. The average Bonchev–Trinajstić information content (AvgIpc) is 3.35. The van der Waals surface area contributed by atoms with Gasteiger partial charge in [0.25, 0.3) is 0 Å². The van der Waals surface area contributed by atoms with Crippen molar-refractivity contribution in [3.63, 3.8) is 0 Å². The molecule has 10 aromatic carbocycles. The fourth-order valence-corrected chi connectivity index (χ4v) is 8.58. The summed E-state index contributed by atoms with van der Waals surface area (Å²) in [7, 11) is 0. The van der Waals surface area contributed by atoms with Crippen LogP contribution in [0, 0.1) is 0 Å². The van der Waals surface area contributed by atoms with Gasteiger partial charge in [-0.25, -0.2) is 0 Å². The molecule has 0 aliphatic heterocycles. The van der Waals surface area contributed by atoms with Gasteiger partial charge in [0.15, 0.2) is 0 Å². The fraction of sp³-hybridized carbons (Fsp3) is 0. The molecule has 10 rings (SSSR count). The molecule has 1 nitrogen and oxygen atoms in total. The molecular formula is C60H43N. The SMILES string of the molecule is c1ccc(-c2ccc(N(c3ccc(-c4ccccc4-c4ccccc4)c(-c4ccccc4)c3)c3ccc(-c4ccccc4-c4ccccc4)c(-c4ccccc4)c3)cc2)cc1. The highest BCUT2D eigenvalue weighted by molar-refractivity contribution is 5.97. The molecule has 0 saturated carbocycles. The van der Waals surface area contributed by atoms with Gasteiger partial charge in [-0.05, 0) is 114 Å². The third-order valence-corrected chi connectivity index (χ3v) is 11.5. The van der Waals surface area contributed by atoms with Crippen molar-refractivity contribution >= 4 is 17.1 Å². The summed E-state index contributed by atoms with van der Waals surface area (Å²) >= 11 is 0. The van der Waals surface area contributed by atoms with E-state index in [-0.39, 0.29) is 0 Å². The van der Waals surface area contributed by atoms with Crippen LogP contribution in [0.1, 0.15) is 0 Å². The maximum Gasteiger partial charge on any atom is 0.0468 e. The second kappa shape index (κ2) is 17.1. The Bertz CT molecular complexity index is 2860. The van der Waals surface area contributed by atoms with E-state index in [4.69, 9.17) is 0 Å². The van der Waals surface area contributed by atoms with Crippen LogP contribution in [-0.4, -0.2) is 0 Å². The van der Waals surface area contributed by atoms with Crippen LogP contribution in [0.5, 0.6) is 0 Å². The van der Waals surface area contributed by atoms with Crippen LogP contribution < -0.4 is 4.90 Å². The first-order valence-electron chi connectivity index (χ1n) is 20.9. The molecule has 10 aromatic rings. The minimum atomic E-state index is 1.07. The molecule has 0 radical (unpaired) electrons. The normalized spacial score (nSPS) is 11.0. The number of benzene rings is 10. The second-order valence-corrected chi connectivity index (χ2v) is 15.3. The average molecular weight is 778 g/mol. The Morgan fingerprint density at radius 1 is 0.164 bits per heavy atom. The molecule has 0 spiro atoms. The first kappa shape index (κ1) is 37.3. The maximum atomic E-state index is 2.41. The van der Waals surface area contributed by atoms with Crippen LogP contribution in [0.15, 0.2) is 261 Å². The molecule has 61 heavy (non-hydrogen) atoms. The molecule has 0 heterocycles. The monoisotopic (exact) mass is 777 g/mol. The van der Waals surface area contributed by atoms with Gasteiger partial charge in [-0.2, -0.15) is 0 Å². The third kappa shape index (κ3) is 7.69. The molecule has 0 unspecified atom stereocenters. The van der Waals surface area contributed by atoms with Gasteiger partial charge in [-0.15, -0.1) is 0 Å². The van der Waals surface area contributed by atoms with Crippen LogP contribution >= 0.6 is 0 Å². The second-order valence-electron chi connectivity index (χ2n) is 15.3. The van der Waals surface area contributed by atoms with Gasteiger partial charge >= 0.3 is 0 Å². The van der Waals surface area contributed by atoms with Crippen LogP contribution in [-0.2, 0) is 0 Å². The summed E-state index contributed by atoms with van der Waals surface area (Å²) in [5.74, 6) is 0. The summed E-state index contributed by atoms with van der Waals surface area (Å²) in [4.78, 5) is 2.41. The van der Waals surface area contributed by atoms with E-state index >= 15 is 0 Å².